The highest BCUT2D eigenvalue weighted by molar-refractivity contribution is 8.00. The molecule has 0 spiro atoms. The molecule has 14 heteroatoms. The standard InChI is InChI=1S/C30H21ClF3N3O5S2/c1-14-5-8-18(9-6-14)37-27(39)23-22(24-26(36-29(41)44-24)43-25(23)28(37)40)19-12-16(31)7-10-20(19)42-13-21(38)35-17-4-2-3-15(11-17)30(32,33)34/h2-12,22-23,25H,13H2,1H3,(H,35,38)(H,36,41). The highest BCUT2D eigenvalue weighted by Crippen LogP contribution is 2.54. The van der Waals surface area contributed by atoms with E-state index in [0.29, 0.717) is 21.2 Å². The van der Waals surface area contributed by atoms with Gasteiger partial charge < -0.3 is 15.0 Å². The van der Waals surface area contributed by atoms with E-state index in [0.717, 1.165) is 45.7 Å². The Kier molecular flexibility index (Phi) is 7.80. The molecule has 3 aromatic carbocycles. The van der Waals surface area contributed by atoms with Gasteiger partial charge in [-0.25, -0.2) is 4.90 Å². The summed E-state index contributed by atoms with van der Waals surface area (Å²) in [6, 6.07) is 15.7. The quantitative estimate of drug-likeness (QED) is 0.238. The number of carbonyl (C=O) groups excluding carboxylic acids is 3. The zero-order valence-electron chi connectivity index (χ0n) is 22.6. The predicted octanol–water partition coefficient (Wildman–Crippen LogP) is 6.23. The maximum Gasteiger partial charge on any atom is 0.416 e. The van der Waals surface area contributed by atoms with Crippen molar-refractivity contribution in [2.75, 3.05) is 16.8 Å². The van der Waals surface area contributed by atoms with E-state index in [9.17, 15) is 32.3 Å². The zero-order chi connectivity index (χ0) is 31.3. The third-order valence-electron chi connectivity index (χ3n) is 7.26. The Morgan fingerprint density at radius 1 is 1.05 bits per heavy atom. The largest absolute Gasteiger partial charge is 0.483 e. The smallest absolute Gasteiger partial charge is 0.416 e. The number of aromatic nitrogens is 1. The lowest BCUT2D eigenvalue weighted by Gasteiger charge is -2.31. The summed E-state index contributed by atoms with van der Waals surface area (Å²) in [7, 11) is 0. The lowest BCUT2D eigenvalue weighted by atomic mass is 9.82. The van der Waals surface area contributed by atoms with Crippen LogP contribution in [0.2, 0.25) is 5.02 Å². The van der Waals surface area contributed by atoms with E-state index in [-0.39, 0.29) is 21.3 Å². The van der Waals surface area contributed by atoms with Crippen LogP contribution >= 0.6 is 34.7 Å². The van der Waals surface area contributed by atoms with Crippen LogP contribution in [0.5, 0.6) is 5.75 Å². The number of aryl methyl sites for hydroxylation is 1. The fourth-order valence-electron chi connectivity index (χ4n) is 5.31. The SMILES string of the molecule is Cc1ccc(N2C(=O)C3Sc4[nH]c(=O)sc4C(c4cc(Cl)ccc4OCC(=O)Nc4cccc(C(F)(F)F)c4)C3C2=O)cc1. The maximum atomic E-state index is 14.0. The van der Waals surface area contributed by atoms with Crippen molar-refractivity contribution >= 4 is 63.8 Å². The minimum atomic E-state index is -4.58. The average Bonchev–Trinajstić information content (AvgIpc) is 3.46. The van der Waals surface area contributed by atoms with Crippen molar-refractivity contribution in [2.45, 2.75) is 29.3 Å². The number of ether oxygens (including phenoxy) is 1. The van der Waals surface area contributed by atoms with Gasteiger partial charge in [-0.05, 0) is 55.5 Å². The molecule has 3 atom stereocenters. The van der Waals surface area contributed by atoms with Gasteiger partial charge in [0.2, 0.25) is 11.8 Å². The predicted molar refractivity (Wildman–Crippen MR) is 161 cm³/mol. The number of amides is 3. The fourth-order valence-corrected chi connectivity index (χ4v) is 7.99. The van der Waals surface area contributed by atoms with Crippen LogP contribution < -0.4 is 19.8 Å². The van der Waals surface area contributed by atoms with Gasteiger partial charge in [-0.2, -0.15) is 13.2 Å². The van der Waals surface area contributed by atoms with Gasteiger partial charge in [0.1, 0.15) is 11.0 Å². The summed E-state index contributed by atoms with van der Waals surface area (Å²) >= 11 is 8.40. The van der Waals surface area contributed by atoms with E-state index < -0.39 is 53.2 Å². The Bertz CT molecular complexity index is 1860. The summed E-state index contributed by atoms with van der Waals surface area (Å²) in [5, 5.41) is 2.26. The molecule has 1 fully saturated rings. The molecule has 44 heavy (non-hydrogen) atoms. The summed E-state index contributed by atoms with van der Waals surface area (Å²) in [5.41, 5.74) is 0.769. The van der Waals surface area contributed by atoms with Crippen molar-refractivity contribution in [3.05, 3.63) is 103 Å². The third-order valence-corrected chi connectivity index (χ3v) is 9.89. The molecule has 0 bridgehead atoms. The van der Waals surface area contributed by atoms with Crippen LogP contribution in [0.3, 0.4) is 0 Å². The minimum Gasteiger partial charge on any atom is -0.483 e. The molecule has 8 nitrogen and oxygen atoms in total. The number of thioether (sulfide) groups is 1. The number of hydrogen-bond acceptors (Lipinski definition) is 7. The van der Waals surface area contributed by atoms with Gasteiger partial charge in [0.05, 0.1) is 22.2 Å². The Labute approximate surface area is 261 Å². The maximum absolute atomic E-state index is 14.0. The van der Waals surface area contributed by atoms with Crippen LogP contribution in [0.4, 0.5) is 24.5 Å². The first-order valence-corrected chi connectivity index (χ1v) is 15.2. The normalized spacial score (nSPS) is 19.5. The fraction of sp³-hybridized carbons (Fsp3) is 0.200. The molecule has 1 aromatic heterocycles. The van der Waals surface area contributed by atoms with Gasteiger partial charge in [0.25, 0.3) is 5.91 Å². The van der Waals surface area contributed by atoms with Crippen molar-refractivity contribution < 1.29 is 32.3 Å². The van der Waals surface area contributed by atoms with Crippen LogP contribution in [-0.2, 0) is 20.6 Å². The molecule has 226 valence electrons. The van der Waals surface area contributed by atoms with Gasteiger partial charge in [0.15, 0.2) is 6.61 Å². The number of fused-ring (bicyclic) bond motifs is 2. The molecule has 2 aliphatic heterocycles. The Balaban J connectivity index is 1.33. The second kappa shape index (κ2) is 11.5. The number of imide groups is 1. The molecule has 3 heterocycles. The topological polar surface area (TPSA) is 109 Å². The van der Waals surface area contributed by atoms with Crippen LogP contribution in [0.1, 0.15) is 27.5 Å². The molecule has 3 amide bonds. The first-order chi connectivity index (χ1) is 20.9. The van der Waals surface area contributed by atoms with E-state index in [4.69, 9.17) is 16.3 Å². The number of anilines is 2. The number of H-pyrrole nitrogens is 1. The summed E-state index contributed by atoms with van der Waals surface area (Å²) in [6.07, 6.45) is -4.58. The first kappa shape index (κ1) is 30.0. The molecule has 3 unspecified atom stereocenters. The number of hydrogen-bond donors (Lipinski definition) is 2. The number of benzene rings is 3. The average molecular weight is 660 g/mol. The second-order valence-corrected chi connectivity index (χ2v) is 12.8. The van der Waals surface area contributed by atoms with Gasteiger partial charge in [-0.1, -0.05) is 58.5 Å². The molecule has 6 rings (SSSR count). The van der Waals surface area contributed by atoms with Gasteiger partial charge in [-0.3, -0.25) is 19.2 Å². The molecule has 0 saturated carbocycles. The highest BCUT2D eigenvalue weighted by Gasteiger charge is 2.56. The van der Waals surface area contributed by atoms with Crippen molar-refractivity contribution in [1.82, 2.24) is 4.98 Å². The number of halogens is 4. The van der Waals surface area contributed by atoms with Crippen LogP contribution in [0.15, 0.2) is 76.6 Å². The molecule has 2 N–H and O–H groups in total. The molecule has 0 aliphatic carbocycles. The molecule has 4 aromatic rings. The first-order valence-electron chi connectivity index (χ1n) is 13.1. The van der Waals surface area contributed by atoms with Crippen molar-refractivity contribution in [2.24, 2.45) is 5.92 Å². The van der Waals surface area contributed by atoms with Crippen molar-refractivity contribution in [3.63, 3.8) is 0 Å². The Morgan fingerprint density at radius 3 is 2.52 bits per heavy atom. The van der Waals surface area contributed by atoms with Crippen LogP contribution in [-0.4, -0.2) is 34.6 Å². The molecular weight excluding hydrogens is 639 g/mol. The second-order valence-electron chi connectivity index (χ2n) is 10.2. The lowest BCUT2D eigenvalue weighted by Crippen LogP contribution is -2.32. The summed E-state index contributed by atoms with van der Waals surface area (Å²) in [6.45, 7) is 1.30. The number of rotatable bonds is 6. The van der Waals surface area contributed by atoms with E-state index in [1.54, 1.807) is 30.3 Å². The highest BCUT2D eigenvalue weighted by atomic mass is 35.5. The van der Waals surface area contributed by atoms with Gasteiger partial charge in [0, 0.05) is 27.1 Å². The zero-order valence-corrected chi connectivity index (χ0v) is 25.0. The summed E-state index contributed by atoms with van der Waals surface area (Å²) in [5.74, 6) is -3.21. The molecular formula is C30H21ClF3N3O5S2. The van der Waals surface area contributed by atoms with Crippen molar-refractivity contribution in [3.8, 4) is 5.75 Å². The minimum absolute atomic E-state index is 0.0649. The number of alkyl halides is 3. The van der Waals surface area contributed by atoms with Crippen molar-refractivity contribution in [1.29, 1.82) is 0 Å². The lowest BCUT2D eigenvalue weighted by molar-refractivity contribution is -0.137. The number of aromatic amines is 1. The number of carbonyl (C=O) groups is 3. The summed E-state index contributed by atoms with van der Waals surface area (Å²) < 4.78 is 45.1. The monoisotopic (exact) mass is 659 g/mol. The third kappa shape index (κ3) is 5.62. The number of nitrogens with one attached hydrogen (secondary N) is 2. The van der Waals surface area contributed by atoms with Gasteiger partial charge in [-0.15, -0.1) is 0 Å². The van der Waals surface area contributed by atoms with E-state index in [1.807, 2.05) is 6.92 Å². The van der Waals surface area contributed by atoms with E-state index in [1.165, 1.54) is 24.3 Å². The van der Waals surface area contributed by atoms with Crippen LogP contribution in [0, 0.1) is 12.8 Å². The number of thiazole rings is 1. The van der Waals surface area contributed by atoms with E-state index >= 15 is 0 Å². The summed E-state index contributed by atoms with van der Waals surface area (Å²) in [4.78, 5) is 56.9. The Hall–Kier alpha value is -4.07. The Morgan fingerprint density at radius 2 is 1.80 bits per heavy atom. The van der Waals surface area contributed by atoms with E-state index in [2.05, 4.69) is 10.3 Å². The molecule has 0 radical (unpaired) electrons. The molecule has 2 aliphatic rings. The number of nitrogens with zero attached hydrogens (tertiary/aromatic N) is 1. The van der Waals surface area contributed by atoms with Gasteiger partial charge >= 0.3 is 11.0 Å². The molecule has 1 saturated heterocycles. The van der Waals surface area contributed by atoms with Crippen LogP contribution in [0.25, 0.3) is 0 Å².